The summed E-state index contributed by atoms with van der Waals surface area (Å²) in [6.45, 7) is 2.20. The summed E-state index contributed by atoms with van der Waals surface area (Å²) < 4.78 is 5.36. The summed E-state index contributed by atoms with van der Waals surface area (Å²) in [6, 6.07) is 8.57. The second kappa shape index (κ2) is 9.14. The van der Waals surface area contributed by atoms with Crippen LogP contribution in [0.3, 0.4) is 0 Å². The zero-order valence-corrected chi connectivity index (χ0v) is 18.9. The van der Waals surface area contributed by atoms with Crippen LogP contribution in [0.4, 0.5) is 0 Å². The molecule has 1 saturated carbocycles. The van der Waals surface area contributed by atoms with Crippen molar-refractivity contribution < 1.29 is 19.1 Å². The molecule has 1 aliphatic carbocycles. The van der Waals surface area contributed by atoms with Crippen molar-refractivity contribution in [1.82, 2.24) is 20.9 Å². The molecule has 1 saturated heterocycles. The summed E-state index contributed by atoms with van der Waals surface area (Å²) in [5.74, 6) is -0.196. The number of nitrogens with zero attached hydrogens (tertiary/aromatic N) is 1. The number of rotatable bonds is 9. The molecule has 4 N–H and O–H groups in total. The summed E-state index contributed by atoms with van der Waals surface area (Å²) in [5.41, 5.74) is -0.117. The monoisotopic (exact) mass is 451 g/mol. The molecule has 1 aromatic carbocycles. The van der Waals surface area contributed by atoms with E-state index in [1.165, 1.54) is 0 Å². The van der Waals surface area contributed by atoms with Crippen LogP contribution in [-0.4, -0.2) is 47.9 Å². The first kappa shape index (κ1) is 22.6. The number of fused-ring (bicyclic) bond motifs is 1. The summed E-state index contributed by atoms with van der Waals surface area (Å²) in [4.78, 5) is 41.2. The van der Waals surface area contributed by atoms with Gasteiger partial charge in [-0.3, -0.25) is 14.4 Å². The van der Waals surface area contributed by atoms with Crippen LogP contribution < -0.4 is 20.7 Å². The zero-order valence-electron chi connectivity index (χ0n) is 18.9. The lowest BCUT2D eigenvalue weighted by Gasteiger charge is -2.28. The third kappa shape index (κ3) is 5.11. The zero-order chi connectivity index (χ0) is 23.6. The molecule has 2 heterocycles. The molecule has 33 heavy (non-hydrogen) atoms. The second-order valence-corrected chi connectivity index (χ2v) is 9.22. The summed E-state index contributed by atoms with van der Waals surface area (Å²) in [6.07, 6.45) is 3.40. The first-order valence-electron chi connectivity index (χ1n) is 11.3. The number of H-pyrrole nitrogens is 1. The molecular formula is C24H29N5O4. The minimum atomic E-state index is -1.20. The number of amides is 3. The largest absolute Gasteiger partial charge is 0.496 e. The number of nitriles is 1. The van der Waals surface area contributed by atoms with E-state index in [4.69, 9.17) is 4.74 Å². The molecule has 1 aromatic heterocycles. The standard InChI is InChI=1S/C24H29N5O4/c1-24(13-25,12-15-8-9-26-21(15)30)29-23(32)18(10-14-6-7-14)28-22(31)19-11-16-17(27-19)4-3-5-20(16)33-2/h3-5,11,14-15,18,27H,6-10,12H2,1-2H3,(H,26,30)(H,28,31)(H,29,32)/t15?,18-,24-/m0/s1. The molecule has 4 rings (SSSR count). The Bertz CT molecular complexity index is 1120. The number of hydrogen-bond donors (Lipinski definition) is 4. The van der Waals surface area contributed by atoms with Crippen LogP contribution in [0.25, 0.3) is 10.9 Å². The number of carbonyl (C=O) groups excluding carboxylic acids is 3. The fraction of sp³-hybridized carbons (Fsp3) is 0.500. The molecule has 0 bridgehead atoms. The number of methoxy groups -OCH3 is 1. The lowest BCUT2D eigenvalue weighted by Crippen LogP contribution is -2.55. The highest BCUT2D eigenvalue weighted by molar-refractivity contribution is 6.01. The maximum absolute atomic E-state index is 13.2. The molecule has 0 spiro atoms. The molecule has 1 aliphatic heterocycles. The van der Waals surface area contributed by atoms with E-state index in [0.29, 0.717) is 36.7 Å². The SMILES string of the molecule is COc1cccc2[nH]c(C(=O)N[C@@H](CC3CC3)C(=O)N[C@](C)(C#N)CC3CCNC3=O)cc12. The van der Waals surface area contributed by atoms with E-state index < -0.39 is 23.4 Å². The number of benzene rings is 1. The fourth-order valence-corrected chi connectivity index (χ4v) is 4.40. The van der Waals surface area contributed by atoms with E-state index in [2.05, 4.69) is 27.0 Å². The normalized spacial score (nSPS) is 20.4. The molecule has 1 unspecified atom stereocenters. The van der Waals surface area contributed by atoms with Crippen molar-refractivity contribution in [2.24, 2.45) is 11.8 Å². The van der Waals surface area contributed by atoms with Crippen molar-refractivity contribution in [1.29, 1.82) is 5.26 Å². The van der Waals surface area contributed by atoms with Gasteiger partial charge in [-0.1, -0.05) is 18.9 Å². The Morgan fingerprint density at radius 3 is 2.76 bits per heavy atom. The van der Waals surface area contributed by atoms with Crippen LogP contribution in [0.1, 0.15) is 49.5 Å². The molecule has 3 atom stereocenters. The Kier molecular flexibility index (Phi) is 6.27. The summed E-state index contributed by atoms with van der Waals surface area (Å²) in [7, 11) is 1.57. The molecular weight excluding hydrogens is 422 g/mol. The van der Waals surface area contributed by atoms with Crippen LogP contribution in [0, 0.1) is 23.2 Å². The van der Waals surface area contributed by atoms with Crippen molar-refractivity contribution in [3.8, 4) is 11.8 Å². The molecule has 9 nitrogen and oxygen atoms in total. The van der Waals surface area contributed by atoms with Gasteiger partial charge in [-0.05, 0) is 50.3 Å². The molecule has 9 heteroatoms. The van der Waals surface area contributed by atoms with Gasteiger partial charge >= 0.3 is 0 Å². The molecule has 3 amide bonds. The van der Waals surface area contributed by atoms with Gasteiger partial charge in [0.2, 0.25) is 11.8 Å². The quantitative estimate of drug-likeness (QED) is 0.462. The Hall–Kier alpha value is -3.54. The number of hydrogen-bond acceptors (Lipinski definition) is 5. The van der Waals surface area contributed by atoms with Crippen molar-refractivity contribution in [2.75, 3.05) is 13.7 Å². The second-order valence-electron chi connectivity index (χ2n) is 9.22. The first-order chi connectivity index (χ1) is 15.8. The van der Waals surface area contributed by atoms with Crippen molar-refractivity contribution in [3.63, 3.8) is 0 Å². The third-order valence-corrected chi connectivity index (χ3v) is 6.44. The highest BCUT2D eigenvalue weighted by Crippen LogP contribution is 2.34. The summed E-state index contributed by atoms with van der Waals surface area (Å²) >= 11 is 0. The lowest BCUT2D eigenvalue weighted by molar-refractivity contribution is -0.126. The first-order valence-corrected chi connectivity index (χ1v) is 11.3. The Balaban J connectivity index is 1.48. The summed E-state index contributed by atoms with van der Waals surface area (Å²) in [5, 5.41) is 18.9. The third-order valence-electron chi connectivity index (χ3n) is 6.44. The maximum atomic E-state index is 13.2. The highest BCUT2D eigenvalue weighted by Gasteiger charge is 2.38. The van der Waals surface area contributed by atoms with Crippen LogP contribution in [0.2, 0.25) is 0 Å². The van der Waals surface area contributed by atoms with E-state index in [-0.39, 0.29) is 18.2 Å². The lowest BCUT2D eigenvalue weighted by atomic mass is 9.88. The number of aromatic amines is 1. The van der Waals surface area contributed by atoms with E-state index in [0.717, 1.165) is 23.7 Å². The minimum absolute atomic E-state index is 0.0946. The minimum Gasteiger partial charge on any atom is -0.496 e. The van der Waals surface area contributed by atoms with E-state index >= 15 is 0 Å². The number of ether oxygens (including phenoxy) is 1. The van der Waals surface area contributed by atoms with Gasteiger partial charge in [0.15, 0.2) is 0 Å². The van der Waals surface area contributed by atoms with Crippen molar-refractivity contribution in [2.45, 2.75) is 50.6 Å². The van der Waals surface area contributed by atoms with Gasteiger partial charge < -0.3 is 25.7 Å². The van der Waals surface area contributed by atoms with Gasteiger partial charge in [-0.2, -0.15) is 5.26 Å². The van der Waals surface area contributed by atoms with Gasteiger partial charge in [-0.15, -0.1) is 0 Å². The average Bonchev–Trinajstić information content (AvgIpc) is 3.36. The van der Waals surface area contributed by atoms with E-state index in [1.54, 1.807) is 20.1 Å². The predicted octanol–water partition coefficient (Wildman–Crippen LogP) is 2.00. The Morgan fingerprint density at radius 1 is 1.33 bits per heavy atom. The predicted molar refractivity (Wildman–Crippen MR) is 121 cm³/mol. The molecule has 2 aromatic rings. The van der Waals surface area contributed by atoms with E-state index in [1.807, 2.05) is 18.2 Å². The van der Waals surface area contributed by atoms with Crippen LogP contribution in [0.15, 0.2) is 24.3 Å². The Morgan fingerprint density at radius 2 is 2.12 bits per heavy atom. The number of nitrogens with one attached hydrogen (secondary N) is 4. The van der Waals surface area contributed by atoms with Gasteiger partial charge in [0.25, 0.3) is 5.91 Å². The van der Waals surface area contributed by atoms with Crippen molar-refractivity contribution in [3.05, 3.63) is 30.0 Å². The molecule has 2 fully saturated rings. The average molecular weight is 452 g/mol. The molecule has 0 radical (unpaired) electrons. The number of aromatic nitrogens is 1. The van der Waals surface area contributed by atoms with E-state index in [9.17, 15) is 19.6 Å². The molecule has 2 aliphatic rings. The number of carbonyl (C=O) groups is 3. The van der Waals surface area contributed by atoms with Crippen LogP contribution in [0.5, 0.6) is 5.75 Å². The maximum Gasteiger partial charge on any atom is 0.268 e. The van der Waals surface area contributed by atoms with Gasteiger partial charge in [0.05, 0.1) is 13.2 Å². The topological polar surface area (TPSA) is 136 Å². The van der Waals surface area contributed by atoms with Gasteiger partial charge in [-0.25, -0.2) is 0 Å². The Labute approximate surface area is 192 Å². The van der Waals surface area contributed by atoms with Crippen LogP contribution >= 0.6 is 0 Å². The highest BCUT2D eigenvalue weighted by atomic mass is 16.5. The smallest absolute Gasteiger partial charge is 0.268 e. The van der Waals surface area contributed by atoms with Gasteiger partial charge in [0, 0.05) is 23.4 Å². The van der Waals surface area contributed by atoms with Gasteiger partial charge in [0.1, 0.15) is 23.0 Å². The molecule has 174 valence electrons. The van der Waals surface area contributed by atoms with Crippen molar-refractivity contribution >= 4 is 28.6 Å². The van der Waals surface area contributed by atoms with Crippen LogP contribution in [-0.2, 0) is 9.59 Å². The fourth-order valence-electron chi connectivity index (χ4n) is 4.40.